The third kappa shape index (κ3) is 3.04. The number of benzene rings is 3. The third-order valence-electron chi connectivity index (χ3n) is 4.81. The third-order valence-corrected chi connectivity index (χ3v) is 4.81. The Morgan fingerprint density at radius 1 is 1.00 bits per heavy atom. The van der Waals surface area contributed by atoms with E-state index in [9.17, 15) is 9.18 Å². The van der Waals surface area contributed by atoms with Crippen molar-refractivity contribution in [3.63, 3.8) is 0 Å². The van der Waals surface area contributed by atoms with Gasteiger partial charge in [0.1, 0.15) is 5.82 Å². The molecular formula is C23H19FN2O. The van der Waals surface area contributed by atoms with Gasteiger partial charge in [0.05, 0.1) is 16.8 Å². The lowest BCUT2D eigenvalue weighted by Gasteiger charge is -2.13. The van der Waals surface area contributed by atoms with Gasteiger partial charge in [0.25, 0.3) is 5.56 Å². The lowest BCUT2D eigenvalue weighted by atomic mass is 9.99. The minimum atomic E-state index is -0.348. The molecule has 3 nitrogen and oxygen atoms in total. The van der Waals surface area contributed by atoms with Gasteiger partial charge in [0.15, 0.2) is 0 Å². The van der Waals surface area contributed by atoms with E-state index in [0.29, 0.717) is 11.1 Å². The van der Waals surface area contributed by atoms with Crippen LogP contribution >= 0.6 is 0 Å². The summed E-state index contributed by atoms with van der Waals surface area (Å²) >= 11 is 0. The van der Waals surface area contributed by atoms with Crippen LogP contribution in [0.2, 0.25) is 0 Å². The van der Waals surface area contributed by atoms with Crippen LogP contribution in [0.1, 0.15) is 18.1 Å². The monoisotopic (exact) mass is 358 g/mol. The molecule has 4 aromatic rings. The van der Waals surface area contributed by atoms with Crippen LogP contribution < -0.4 is 5.56 Å². The molecule has 0 aliphatic heterocycles. The highest BCUT2D eigenvalue weighted by Crippen LogP contribution is 2.28. The topological polar surface area (TPSA) is 34.9 Å². The molecule has 0 spiro atoms. The Labute approximate surface area is 156 Å². The van der Waals surface area contributed by atoms with Gasteiger partial charge in [-0.25, -0.2) is 4.39 Å². The standard InChI is InChI=1S/C23H19FN2O/c1-3-16-7-5-8-17(14-16)22-21-15(2)6-4-9-20(21)23(27)26(25-22)19-12-10-18(24)11-13-19/h4-14H,3H2,1-2H3. The van der Waals surface area contributed by atoms with Gasteiger partial charge >= 0.3 is 0 Å². The number of aryl methyl sites for hydroxylation is 2. The van der Waals surface area contributed by atoms with E-state index in [1.165, 1.54) is 22.4 Å². The molecule has 3 aromatic carbocycles. The van der Waals surface area contributed by atoms with Gasteiger partial charge in [-0.3, -0.25) is 4.79 Å². The maximum absolute atomic E-state index is 13.3. The molecule has 27 heavy (non-hydrogen) atoms. The summed E-state index contributed by atoms with van der Waals surface area (Å²) < 4.78 is 14.7. The van der Waals surface area contributed by atoms with Crippen molar-refractivity contribution >= 4 is 10.8 Å². The summed E-state index contributed by atoms with van der Waals surface area (Å²) in [6.45, 7) is 4.09. The molecule has 0 bridgehead atoms. The summed E-state index contributed by atoms with van der Waals surface area (Å²) in [5.74, 6) is -0.348. The average Bonchev–Trinajstić information content (AvgIpc) is 2.70. The van der Waals surface area contributed by atoms with Gasteiger partial charge in [-0.1, -0.05) is 37.3 Å². The smallest absolute Gasteiger partial charge is 0.267 e. The Morgan fingerprint density at radius 3 is 2.48 bits per heavy atom. The highest BCUT2D eigenvalue weighted by atomic mass is 19.1. The first kappa shape index (κ1) is 17.2. The Morgan fingerprint density at radius 2 is 1.74 bits per heavy atom. The van der Waals surface area contributed by atoms with Gasteiger partial charge in [-0.05, 0) is 60.9 Å². The quantitative estimate of drug-likeness (QED) is 0.513. The second-order valence-corrected chi connectivity index (χ2v) is 6.59. The fourth-order valence-electron chi connectivity index (χ4n) is 3.37. The molecule has 0 aliphatic carbocycles. The Balaban J connectivity index is 2.09. The summed E-state index contributed by atoms with van der Waals surface area (Å²) in [6.07, 6.45) is 0.919. The predicted octanol–water partition coefficient (Wildman–Crippen LogP) is 5.06. The van der Waals surface area contributed by atoms with Crippen LogP contribution in [0.3, 0.4) is 0 Å². The fraction of sp³-hybridized carbons (Fsp3) is 0.130. The molecule has 1 aromatic heterocycles. The van der Waals surface area contributed by atoms with E-state index in [-0.39, 0.29) is 11.4 Å². The molecule has 4 rings (SSSR count). The number of halogens is 1. The van der Waals surface area contributed by atoms with Crippen LogP contribution in [0.4, 0.5) is 4.39 Å². The van der Waals surface area contributed by atoms with Crippen molar-refractivity contribution in [2.75, 3.05) is 0 Å². The molecule has 0 N–H and O–H groups in total. The first-order chi connectivity index (χ1) is 13.1. The number of fused-ring (bicyclic) bond motifs is 1. The summed E-state index contributed by atoms with van der Waals surface area (Å²) in [7, 11) is 0. The molecule has 1 heterocycles. The van der Waals surface area contributed by atoms with Crippen LogP contribution in [0.25, 0.3) is 27.7 Å². The van der Waals surface area contributed by atoms with Gasteiger partial charge < -0.3 is 0 Å². The van der Waals surface area contributed by atoms with E-state index in [0.717, 1.165) is 28.6 Å². The SMILES string of the molecule is CCc1cccc(-c2nn(-c3ccc(F)cc3)c(=O)c3cccc(C)c23)c1. The number of aromatic nitrogens is 2. The lowest BCUT2D eigenvalue weighted by molar-refractivity contribution is 0.626. The Bertz CT molecular complexity index is 1190. The largest absolute Gasteiger partial charge is 0.279 e. The number of hydrogen-bond acceptors (Lipinski definition) is 2. The fourth-order valence-corrected chi connectivity index (χ4v) is 3.37. The van der Waals surface area contributed by atoms with Crippen molar-refractivity contribution in [2.24, 2.45) is 0 Å². The second kappa shape index (κ2) is 6.80. The molecule has 0 unspecified atom stereocenters. The van der Waals surface area contributed by atoms with Gasteiger partial charge in [0, 0.05) is 10.9 Å². The highest BCUT2D eigenvalue weighted by molar-refractivity contribution is 5.96. The van der Waals surface area contributed by atoms with E-state index < -0.39 is 0 Å². The van der Waals surface area contributed by atoms with Crippen LogP contribution in [-0.2, 0) is 6.42 Å². The minimum Gasteiger partial charge on any atom is -0.267 e. The van der Waals surface area contributed by atoms with E-state index in [1.807, 2.05) is 37.3 Å². The molecule has 0 fully saturated rings. The van der Waals surface area contributed by atoms with E-state index in [2.05, 4.69) is 24.2 Å². The first-order valence-corrected chi connectivity index (χ1v) is 8.96. The molecule has 0 amide bonds. The van der Waals surface area contributed by atoms with E-state index in [4.69, 9.17) is 0 Å². The Hall–Kier alpha value is -3.27. The molecule has 134 valence electrons. The number of nitrogens with zero attached hydrogens (tertiary/aromatic N) is 2. The van der Waals surface area contributed by atoms with Crippen molar-refractivity contribution in [3.05, 3.63) is 94.0 Å². The highest BCUT2D eigenvalue weighted by Gasteiger charge is 2.15. The van der Waals surface area contributed by atoms with E-state index >= 15 is 0 Å². The maximum atomic E-state index is 13.3. The van der Waals surface area contributed by atoms with Crippen molar-refractivity contribution in [3.8, 4) is 16.9 Å². The normalized spacial score (nSPS) is 11.1. The zero-order valence-corrected chi connectivity index (χ0v) is 15.2. The van der Waals surface area contributed by atoms with Crippen LogP contribution in [-0.4, -0.2) is 9.78 Å². The maximum Gasteiger partial charge on any atom is 0.279 e. The van der Waals surface area contributed by atoms with Crippen molar-refractivity contribution in [2.45, 2.75) is 20.3 Å². The number of hydrogen-bond donors (Lipinski definition) is 0. The molecule has 4 heteroatoms. The summed E-state index contributed by atoms with van der Waals surface area (Å²) in [4.78, 5) is 13.1. The molecule has 0 atom stereocenters. The summed E-state index contributed by atoms with van der Waals surface area (Å²) in [6, 6.07) is 19.7. The molecule has 0 saturated carbocycles. The first-order valence-electron chi connectivity index (χ1n) is 8.96. The number of rotatable bonds is 3. The van der Waals surface area contributed by atoms with Crippen LogP contribution in [0, 0.1) is 12.7 Å². The summed E-state index contributed by atoms with van der Waals surface area (Å²) in [5, 5.41) is 6.15. The minimum absolute atomic E-state index is 0.212. The lowest BCUT2D eigenvalue weighted by Crippen LogP contribution is -2.22. The van der Waals surface area contributed by atoms with E-state index in [1.54, 1.807) is 12.1 Å². The van der Waals surface area contributed by atoms with Crippen LogP contribution in [0.15, 0.2) is 71.5 Å². The summed E-state index contributed by atoms with van der Waals surface area (Å²) in [5.41, 5.74) is 4.25. The molecule has 0 radical (unpaired) electrons. The average molecular weight is 358 g/mol. The predicted molar refractivity (Wildman–Crippen MR) is 107 cm³/mol. The van der Waals surface area contributed by atoms with Gasteiger partial charge in [-0.15, -0.1) is 0 Å². The van der Waals surface area contributed by atoms with Crippen molar-refractivity contribution < 1.29 is 4.39 Å². The van der Waals surface area contributed by atoms with Gasteiger partial charge in [-0.2, -0.15) is 9.78 Å². The molecule has 0 saturated heterocycles. The van der Waals surface area contributed by atoms with Crippen molar-refractivity contribution in [1.29, 1.82) is 0 Å². The van der Waals surface area contributed by atoms with Crippen LogP contribution in [0.5, 0.6) is 0 Å². The molecular weight excluding hydrogens is 339 g/mol. The Kier molecular flexibility index (Phi) is 4.32. The zero-order valence-electron chi connectivity index (χ0n) is 15.2. The van der Waals surface area contributed by atoms with Gasteiger partial charge in [0.2, 0.25) is 0 Å². The van der Waals surface area contributed by atoms with Crippen molar-refractivity contribution in [1.82, 2.24) is 9.78 Å². The zero-order chi connectivity index (χ0) is 19.0. The second-order valence-electron chi connectivity index (χ2n) is 6.59. The molecule has 0 aliphatic rings.